The monoisotopic (exact) mass is 323 g/mol. The van der Waals surface area contributed by atoms with Gasteiger partial charge in [-0.05, 0) is 44.4 Å². The van der Waals surface area contributed by atoms with Crippen molar-refractivity contribution in [3.8, 4) is 0 Å². The first-order valence-corrected chi connectivity index (χ1v) is 9.24. The van der Waals surface area contributed by atoms with E-state index in [1.54, 1.807) is 0 Å². The molecular formula is C18H33N3O2. The number of nitrogens with zero attached hydrogens (tertiary/aromatic N) is 1. The van der Waals surface area contributed by atoms with Crippen molar-refractivity contribution in [3.05, 3.63) is 0 Å². The summed E-state index contributed by atoms with van der Waals surface area (Å²) in [6.07, 6.45) is 6.56. The Kier molecular flexibility index (Phi) is 6.06. The molecule has 2 fully saturated rings. The van der Waals surface area contributed by atoms with E-state index in [-0.39, 0.29) is 23.3 Å². The van der Waals surface area contributed by atoms with Gasteiger partial charge in [-0.15, -0.1) is 0 Å². The smallest absolute Gasteiger partial charge is 0.225 e. The largest absolute Gasteiger partial charge is 0.354 e. The standard InChI is InChI=1S/C18H33N3O2/c1-4-18(19,5-2)12-20-17(23)14-10-16(22)21(11-14)15-8-6-13(3)7-9-15/h13-15H,4-12,19H2,1-3H3,(H,20,23). The Hall–Kier alpha value is -1.10. The lowest BCUT2D eigenvalue weighted by atomic mass is 9.86. The van der Waals surface area contributed by atoms with Gasteiger partial charge in [-0.2, -0.15) is 0 Å². The molecule has 5 heteroatoms. The average molecular weight is 323 g/mol. The lowest BCUT2D eigenvalue weighted by Gasteiger charge is -2.33. The van der Waals surface area contributed by atoms with Crippen LogP contribution in [-0.4, -0.2) is 41.4 Å². The van der Waals surface area contributed by atoms with Gasteiger partial charge in [0, 0.05) is 31.1 Å². The summed E-state index contributed by atoms with van der Waals surface area (Å²) in [7, 11) is 0. The van der Waals surface area contributed by atoms with Crippen LogP contribution in [0.5, 0.6) is 0 Å². The molecule has 1 atom stereocenters. The molecule has 1 aliphatic carbocycles. The molecule has 1 aliphatic heterocycles. The van der Waals surface area contributed by atoms with Crippen LogP contribution in [0.3, 0.4) is 0 Å². The summed E-state index contributed by atoms with van der Waals surface area (Å²) >= 11 is 0. The lowest BCUT2D eigenvalue weighted by molar-refractivity contribution is -0.131. The summed E-state index contributed by atoms with van der Waals surface area (Å²) in [5.41, 5.74) is 5.90. The lowest BCUT2D eigenvalue weighted by Crippen LogP contribution is -2.50. The van der Waals surface area contributed by atoms with Gasteiger partial charge in [0.05, 0.1) is 5.92 Å². The van der Waals surface area contributed by atoms with Crippen LogP contribution in [0, 0.1) is 11.8 Å². The van der Waals surface area contributed by atoms with E-state index in [0.717, 1.165) is 31.6 Å². The van der Waals surface area contributed by atoms with E-state index < -0.39 is 0 Å². The zero-order valence-corrected chi connectivity index (χ0v) is 14.9. The Morgan fingerprint density at radius 1 is 1.26 bits per heavy atom. The molecule has 0 aromatic carbocycles. The predicted molar refractivity (Wildman–Crippen MR) is 91.8 cm³/mol. The topological polar surface area (TPSA) is 75.4 Å². The Morgan fingerprint density at radius 3 is 2.43 bits per heavy atom. The van der Waals surface area contributed by atoms with Gasteiger partial charge in [-0.3, -0.25) is 9.59 Å². The molecule has 1 saturated heterocycles. The highest BCUT2D eigenvalue weighted by molar-refractivity contribution is 5.89. The second-order valence-corrected chi connectivity index (χ2v) is 7.65. The number of hydrogen-bond donors (Lipinski definition) is 2. The summed E-state index contributed by atoms with van der Waals surface area (Å²) in [5.74, 6) is 0.695. The number of nitrogens with one attached hydrogen (secondary N) is 1. The number of rotatable bonds is 6. The van der Waals surface area contributed by atoms with Crippen molar-refractivity contribution in [1.29, 1.82) is 0 Å². The first kappa shape index (κ1) is 18.2. The minimum Gasteiger partial charge on any atom is -0.354 e. The fraction of sp³-hybridized carbons (Fsp3) is 0.889. The van der Waals surface area contributed by atoms with Crippen LogP contribution in [0.15, 0.2) is 0 Å². The number of hydrogen-bond acceptors (Lipinski definition) is 3. The average Bonchev–Trinajstić information content (AvgIpc) is 2.95. The van der Waals surface area contributed by atoms with Gasteiger partial charge in [0.2, 0.25) is 11.8 Å². The summed E-state index contributed by atoms with van der Waals surface area (Å²) in [4.78, 5) is 26.7. The zero-order valence-electron chi connectivity index (χ0n) is 14.9. The van der Waals surface area contributed by atoms with Gasteiger partial charge in [-0.1, -0.05) is 20.8 Å². The number of amides is 2. The van der Waals surface area contributed by atoms with E-state index in [1.165, 1.54) is 12.8 Å². The van der Waals surface area contributed by atoms with Gasteiger partial charge < -0.3 is 16.0 Å². The molecule has 23 heavy (non-hydrogen) atoms. The molecule has 0 bridgehead atoms. The van der Waals surface area contributed by atoms with Crippen LogP contribution < -0.4 is 11.1 Å². The van der Waals surface area contributed by atoms with Crippen molar-refractivity contribution in [2.75, 3.05) is 13.1 Å². The van der Waals surface area contributed by atoms with Gasteiger partial charge in [0.1, 0.15) is 0 Å². The fourth-order valence-corrected chi connectivity index (χ4v) is 3.72. The third-order valence-electron chi connectivity index (χ3n) is 5.98. The number of carbonyl (C=O) groups excluding carboxylic acids is 2. The summed E-state index contributed by atoms with van der Waals surface area (Å²) in [5, 5.41) is 2.98. The fourth-order valence-electron chi connectivity index (χ4n) is 3.72. The number of nitrogens with two attached hydrogens (primary N) is 1. The van der Waals surface area contributed by atoms with Crippen LogP contribution in [0.25, 0.3) is 0 Å². The van der Waals surface area contributed by atoms with E-state index in [1.807, 2.05) is 18.7 Å². The quantitative estimate of drug-likeness (QED) is 0.785. The molecular weight excluding hydrogens is 290 g/mol. The van der Waals surface area contributed by atoms with Crippen molar-refractivity contribution in [3.63, 3.8) is 0 Å². The molecule has 0 radical (unpaired) electrons. The zero-order chi connectivity index (χ0) is 17.0. The summed E-state index contributed by atoms with van der Waals surface area (Å²) < 4.78 is 0. The summed E-state index contributed by atoms with van der Waals surface area (Å²) in [6, 6.07) is 0.344. The highest BCUT2D eigenvalue weighted by Gasteiger charge is 2.39. The number of likely N-dealkylation sites (tertiary alicyclic amines) is 1. The van der Waals surface area contributed by atoms with Crippen molar-refractivity contribution < 1.29 is 9.59 Å². The van der Waals surface area contributed by atoms with Crippen LogP contribution in [-0.2, 0) is 9.59 Å². The van der Waals surface area contributed by atoms with Gasteiger partial charge >= 0.3 is 0 Å². The maximum atomic E-state index is 12.4. The predicted octanol–water partition coefficient (Wildman–Crippen LogP) is 2.05. The molecule has 2 aliphatic rings. The van der Waals surface area contributed by atoms with Crippen LogP contribution in [0.2, 0.25) is 0 Å². The molecule has 0 aromatic heterocycles. The molecule has 132 valence electrons. The van der Waals surface area contributed by atoms with E-state index in [0.29, 0.717) is 25.6 Å². The van der Waals surface area contributed by atoms with E-state index in [2.05, 4.69) is 12.2 Å². The highest BCUT2D eigenvalue weighted by atomic mass is 16.2. The SMILES string of the molecule is CCC(N)(CC)CNC(=O)C1CC(=O)N(C2CCC(C)CC2)C1. The maximum absolute atomic E-state index is 12.4. The van der Waals surface area contributed by atoms with E-state index in [4.69, 9.17) is 5.73 Å². The number of carbonyl (C=O) groups is 2. The van der Waals surface area contributed by atoms with Crippen LogP contribution in [0.4, 0.5) is 0 Å². The van der Waals surface area contributed by atoms with Crippen molar-refractivity contribution >= 4 is 11.8 Å². The third kappa shape index (κ3) is 4.46. The molecule has 1 unspecified atom stereocenters. The summed E-state index contributed by atoms with van der Waals surface area (Å²) in [6.45, 7) is 7.43. The highest BCUT2D eigenvalue weighted by Crippen LogP contribution is 2.31. The first-order chi connectivity index (χ1) is 10.9. The molecule has 2 rings (SSSR count). The van der Waals surface area contributed by atoms with Gasteiger partial charge in [0.15, 0.2) is 0 Å². The van der Waals surface area contributed by atoms with Crippen molar-refractivity contribution in [1.82, 2.24) is 10.2 Å². The van der Waals surface area contributed by atoms with Crippen molar-refractivity contribution in [2.45, 2.75) is 77.3 Å². The van der Waals surface area contributed by atoms with E-state index in [9.17, 15) is 9.59 Å². The molecule has 0 spiro atoms. The molecule has 1 heterocycles. The first-order valence-electron chi connectivity index (χ1n) is 9.24. The Balaban J connectivity index is 1.85. The molecule has 3 N–H and O–H groups in total. The maximum Gasteiger partial charge on any atom is 0.225 e. The molecule has 0 aromatic rings. The van der Waals surface area contributed by atoms with Crippen LogP contribution >= 0.6 is 0 Å². The second-order valence-electron chi connectivity index (χ2n) is 7.65. The Bertz CT molecular complexity index is 426. The van der Waals surface area contributed by atoms with Crippen LogP contribution in [0.1, 0.15) is 65.7 Å². The van der Waals surface area contributed by atoms with Gasteiger partial charge in [0.25, 0.3) is 0 Å². The molecule has 2 amide bonds. The minimum absolute atomic E-state index is 0.0123. The molecule has 5 nitrogen and oxygen atoms in total. The second kappa shape index (κ2) is 7.65. The van der Waals surface area contributed by atoms with Gasteiger partial charge in [-0.25, -0.2) is 0 Å². The minimum atomic E-state index is -0.336. The Labute approximate surface area is 140 Å². The van der Waals surface area contributed by atoms with Crippen molar-refractivity contribution in [2.24, 2.45) is 17.6 Å². The third-order valence-corrected chi connectivity index (χ3v) is 5.98. The van der Waals surface area contributed by atoms with E-state index >= 15 is 0 Å². The molecule has 1 saturated carbocycles. The Morgan fingerprint density at radius 2 is 1.87 bits per heavy atom. The normalized spacial score (nSPS) is 29.0.